The van der Waals surface area contributed by atoms with Crippen LogP contribution in [-0.4, -0.2) is 19.7 Å². The van der Waals surface area contributed by atoms with E-state index < -0.39 is 28.1 Å². The predicted molar refractivity (Wildman–Crippen MR) is 85.2 cm³/mol. The Labute approximate surface area is 140 Å². The third-order valence-corrected chi connectivity index (χ3v) is 3.85. The Kier molecular flexibility index (Phi) is 3.76. The fourth-order valence-corrected chi connectivity index (χ4v) is 2.60. The molecular weight excluding hydrogens is 333 g/mol. The standard InChI is InChI=1S/C16H12FN3O5/c1-18-11(9-4-5-19(23)15(17)8-9)2-3-12(18)10-6-13(20(24)25)16(22)14(21)7-10/h2-8,21-22H,1H3. The highest BCUT2D eigenvalue weighted by Crippen LogP contribution is 2.40. The molecule has 0 fully saturated rings. The van der Waals surface area contributed by atoms with Gasteiger partial charge in [-0.25, -0.2) is 0 Å². The minimum atomic E-state index is -0.960. The maximum Gasteiger partial charge on any atom is 0.371 e. The summed E-state index contributed by atoms with van der Waals surface area (Å²) >= 11 is 0. The van der Waals surface area contributed by atoms with Gasteiger partial charge in [0, 0.05) is 41.7 Å². The minimum Gasteiger partial charge on any atom is -0.617 e. The molecule has 0 aliphatic rings. The van der Waals surface area contributed by atoms with E-state index in [0.29, 0.717) is 22.5 Å². The zero-order valence-electron chi connectivity index (χ0n) is 12.9. The molecule has 0 amide bonds. The number of nitrogens with zero attached hydrogens (tertiary/aromatic N) is 3. The molecule has 0 radical (unpaired) electrons. The van der Waals surface area contributed by atoms with Gasteiger partial charge in [0.2, 0.25) is 5.75 Å². The zero-order chi connectivity index (χ0) is 18.3. The van der Waals surface area contributed by atoms with Crippen molar-refractivity contribution in [2.24, 2.45) is 7.05 Å². The molecule has 8 nitrogen and oxygen atoms in total. The van der Waals surface area contributed by atoms with Crippen LogP contribution in [0.1, 0.15) is 0 Å². The lowest BCUT2D eigenvalue weighted by Crippen LogP contribution is -2.30. The average molecular weight is 345 g/mol. The fraction of sp³-hybridized carbons (Fsp3) is 0.0625. The van der Waals surface area contributed by atoms with Crippen molar-refractivity contribution in [1.82, 2.24) is 4.57 Å². The predicted octanol–water partition coefficient (Wildman–Crippen LogP) is 2.45. The maximum atomic E-state index is 13.5. The Balaban J connectivity index is 2.13. The summed E-state index contributed by atoms with van der Waals surface area (Å²) in [5.74, 6) is -2.39. The van der Waals surface area contributed by atoms with Crippen molar-refractivity contribution in [1.29, 1.82) is 0 Å². The molecule has 0 unspecified atom stereocenters. The first-order chi connectivity index (χ1) is 11.8. The van der Waals surface area contributed by atoms with Crippen molar-refractivity contribution in [3.8, 4) is 34.0 Å². The molecule has 3 aromatic rings. The fourth-order valence-electron chi connectivity index (χ4n) is 2.60. The molecule has 1 aromatic carbocycles. The summed E-state index contributed by atoms with van der Waals surface area (Å²) in [4.78, 5) is 10.2. The van der Waals surface area contributed by atoms with E-state index in [1.165, 1.54) is 12.1 Å². The molecule has 2 N–H and O–H groups in total. The van der Waals surface area contributed by atoms with Crippen LogP contribution in [0.15, 0.2) is 42.6 Å². The SMILES string of the molecule is Cn1c(-c2cc(O)c(O)c([N+](=O)[O-])c2)ccc1-c1cc[n+]([O-])c(F)c1. The summed E-state index contributed by atoms with van der Waals surface area (Å²) in [6.45, 7) is 0. The number of benzene rings is 1. The Hall–Kier alpha value is -3.62. The lowest BCUT2D eigenvalue weighted by atomic mass is 10.1. The van der Waals surface area contributed by atoms with Gasteiger partial charge >= 0.3 is 11.6 Å². The Morgan fingerprint density at radius 2 is 1.76 bits per heavy atom. The first-order valence-electron chi connectivity index (χ1n) is 7.05. The summed E-state index contributed by atoms with van der Waals surface area (Å²) in [5, 5.41) is 41.4. The van der Waals surface area contributed by atoms with Crippen molar-refractivity contribution >= 4 is 5.69 Å². The van der Waals surface area contributed by atoms with Gasteiger partial charge in [-0.3, -0.25) is 10.1 Å². The third kappa shape index (κ3) is 2.71. The van der Waals surface area contributed by atoms with Crippen molar-refractivity contribution < 1.29 is 24.3 Å². The van der Waals surface area contributed by atoms with Crippen LogP contribution in [0, 0.1) is 21.3 Å². The number of nitro benzene ring substituents is 1. The van der Waals surface area contributed by atoms with E-state index in [2.05, 4.69) is 0 Å². The van der Waals surface area contributed by atoms with Gasteiger partial charge in [-0.05, 0) is 18.2 Å². The number of phenols is 2. The number of rotatable bonds is 3. The first-order valence-corrected chi connectivity index (χ1v) is 7.05. The van der Waals surface area contributed by atoms with Gasteiger partial charge in [0.05, 0.1) is 11.0 Å². The number of halogens is 1. The number of phenolic OH excluding ortho intramolecular Hbond substituents is 2. The molecule has 2 aromatic heterocycles. The summed E-state index contributed by atoms with van der Waals surface area (Å²) in [7, 11) is 1.65. The van der Waals surface area contributed by atoms with Crippen LogP contribution in [-0.2, 0) is 7.05 Å². The van der Waals surface area contributed by atoms with Crippen LogP contribution in [0.25, 0.3) is 22.5 Å². The Morgan fingerprint density at radius 1 is 1.12 bits per heavy atom. The first kappa shape index (κ1) is 16.2. The van der Waals surface area contributed by atoms with E-state index in [9.17, 15) is 29.9 Å². The van der Waals surface area contributed by atoms with Crippen molar-refractivity contribution in [2.45, 2.75) is 0 Å². The molecule has 9 heteroatoms. The highest BCUT2D eigenvalue weighted by atomic mass is 19.1. The lowest BCUT2D eigenvalue weighted by molar-refractivity contribution is -0.637. The van der Waals surface area contributed by atoms with Gasteiger partial charge < -0.3 is 20.0 Å². The van der Waals surface area contributed by atoms with E-state index in [1.807, 2.05) is 0 Å². The Morgan fingerprint density at radius 3 is 2.36 bits per heavy atom. The molecule has 0 saturated heterocycles. The quantitative estimate of drug-likeness (QED) is 0.189. The number of hydrogen-bond acceptors (Lipinski definition) is 5. The van der Waals surface area contributed by atoms with E-state index >= 15 is 0 Å². The van der Waals surface area contributed by atoms with Gasteiger partial charge in [-0.2, -0.15) is 0 Å². The molecule has 25 heavy (non-hydrogen) atoms. The lowest BCUT2D eigenvalue weighted by Gasteiger charge is -2.09. The summed E-state index contributed by atoms with van der Waals surface area (Å²) in [6, 6.07) is 8.11. The molecule has 0 atom stereocenters. The summed E-state index contributed by atoms with van der Waals surface area (Å²) in [5.41, 5.74) is 1.16. The number of aromatic nitrogens is 2. The third-order valence-electron chi connectivity index (χ3n) is 3.85. The van der Waals surface area contributed by atoms with E-state index in [-0.39, 0.29) is 4.73 Å². The Bertz CT molecular complexity index is 1000. The summed E-state index contributed by atoms with van der Waals surface area (Å²) in [6.07, 6.45) is 1.04. The zero-order valence-corrected chi connectivity index (χ0v) is 12.9. The van der Waals surface area contributed by atoms with Crippen molar-refractivity contribution in [2.75, 3.05) is 0 Å². The van der Waals surface area contributed by atoms with Crippen molar-refractivity contribution in [3.05, 3.63) is 63.9 Å². The van der Waals surface area contributed by atoms with Crippen LogP contribution in [0.3, 0.4) is 0 Å². The maximum absolute atomic E-state index is 13.5. The van der Waals surface area contributed by atoms with E-state index in [1.54, 1.807) is 23.7 Å². The molecule has 0 aliphatic carbocycles. The monoisotopic (exact) mass is 345 g/mol. The van der Waals surface area contributed by atoms with Crippen LogP contribution >= 0.6 is 0 Å². The van der Waals surface area contributed by atoms with Gasteiger partial charge in [-0.15, -0.1) is 9.12 Å². The smallest absolute Gasteiger partial charge is 0.371 e. The van der Waals surface area contributed by atoms with Crippen LogP contribution < -0.4 is 4.73 Å². The topological polar surface area (TPSA) is 115 Å². The van der Waals surface area contributed by atoms with Crippen LogP contribution in [0.5, 0.6) is 11.5 Å². The van der Waals surface area contributed by atoms with Gasteiger partial charge in [-0.1, -0.05) is 0 Å². The molecule has 2 heterocycles. The van der Waals surface area contributed by atoms with Crippen LogP contribution in [0.2, 0.25) is 0 Å². The largest absolute Gasteiger partial charge is 0.617 e. The molecule has 0 saturated carbocycles. The second-order valence-electron chi connectivity index (χ2n) is 5.35. The molecular formula is C16H12FN3O5. The molecule has 0 aliphatic heterocycles. The normalized spacial score (nSPS) is 10.8. The average Bonchev–Trinajstić information content (AvgIpc) is 2.94. The highest BCUT2D eigenvalue weighted by molar-refractivity contribution is 5.74. The molecule has 3 rings (SSSR count). The second kappa shape index (κ2) is 5.78. The number of hydrogen-bond donors (Lipinski definition) is 2. The van der Waals surface area contributed by atoms with E-state index in [4.69, 9.17) is 0 Å². The van der Waals surface area contributed by atoms with Crippen molar-refractivity contribution in [3.63, 3.8) is 0 Å². The van der Waals surface area contributed by atoms with Gasteiger partial charge in [0.1, 0.15) is 0 Å². The number of pyridine rings is 1. The van der Waals surface area contributed by atoms with Crippen LogP contribution in [0.4, 0.5) is 10.1 Å². The second-order valence-corrected chi connectivity index (χ2v) is 5.35. The highest BCUT2D eigenvalue weighted by Gasteiger charge is 2.21. The number of nitro groups is 1. The molecule has 0 spiro atoms. The van der Waals surface area contributed by atoms with E-state index in [0.717, 1.165) is 18.3 Å². The van der Waals surface area contributed by atoms with Gasteiger partial charge in [0.15, 0.2) is 11.9 Å². The molecule has 0 bridgehead atoms. The number of aromatic hydroxyl groups is 2. The minimum absolute atomic E-state index is 0.0920. The summed E-state index contributed by atoms with van der Waals surface area (Å²) < 4.78 is 15.2. The molecule has 128 valence electrons. The van der Waals surface area contributed by atoms with Gasteiger partial charge in [0.25, 0.3) is 0 Å².